The molecule has 1 aromatic rings. The summed E-state index contributed by atoms with van der Waals surface area (Å²) in [5.41, 5.74) is 1.01. The lowest BCUT2D eigenvalue weighted by atomic mass is 9.98. The van der Waals surface area contributed by atoms with Crippen LogP contribution in [0.3, 0.4) is 0 Å². The standard InChI is InChI=1S/C12H11NO2/c13-7-6-10-8-11(15-12(10)14)9-4-2-1-3-5-9/h1-5,10-11H,6,8H2/t10-,11+/m1/s1. The number of rotatable bonds is 2. The summed E-state index contributed by atoms with van der Waals surface area (Å²) in [5.74, 6) is -0.495. The van der Waals surface area contributed by atoms with Crippen molar-refractivity contribution in [3.63, 3.8) is 0 Å². The number of ether oxygens (including phenoxy) is 1. The van der Waals surface area contributed by atoms with Gasteiger partial charge in [0.05, 0.1) is 12.0 Å². The van der Waals surface area contributed by atoms with E-state index in [2.05, 4.69) is 0 Å². The molecule has 1 aliphatic rings. The Bertz CT molecular complexity index is 394. The van der Waals surface area contributed by atoms with Crippen molar-refractivity contribution in [2.45, 2.75) is 18.9 Å². The molecular formula is C12H11NO2. The van der Waals surface area contributed by atoms with Gasteiger partial charge in [-0.2, -0.15) is 5.26 Å². The molecule has 2 rings (SSSR count). The van der Waals surface area contributed by atoms with E-state index in [1.807, 2.05) is 36.4 Å². The Morgan fingerprint density at radius 1 is 1.40 bits per heavy atom. The first-order valence-corrected chi connectivity index (χ1v) is 4.93. The van der Waals surface area contributed by atoms with Gasteiger partial charge in [-0.25, -0.2) is 0 Å². The zero-order chi connectivity index (χ0) is 10.7. The SMILES string of the molecule is N#CC[C@@H]1C[C@@H](c2ccccc2)OC1=O. The molecule has 1 aromatic carbocycles. The highest BCUT2D eigenvalue weighted by Crippen LogP contribution is 2.34. The Morgan fingerprint density at radius 2 is 2.13 bits per heavy atom. The number of benzene rings is 1. The molecule has 0 spiro atoms. The van der Waals surface area contributed by atoms with Gasteiger partial charge >= 0.3 is 5.97 Å². The molecule has 0 bridgehead atoms. The quantitative estimate of drug-likeness (QED) is 0.689. The molecule has 0 aliphatic carbocycles. The van der Waals surface area contributed by atoms with Crippen molar-refractivity contribution in [2.24, 2.45) is 5.92 Å². The van der Waals surface area contributed by atoms with Gasteiger partial charge in [0, 0.05) is 12.8 Å². The molecule has 15 heavy (non-hydrogen) atoms. The van der Waals surface area contributed by atoms with Crippen molar-refractivity contribution < 1.29 is 9.53 Å². The lowest BCUT2D eigenvalue weighted by Crippen LogP contribution is -2.05. The van der Waals surface area contributed by atoms with Crippen LogP contribution >= 0.6 is 0 Å². The second-order valence-electron chi connectivity index (χ2n) is 3.63. The Labute approximate surface area is 88.3 Å². The average Bonchev–Trinajstić information content (AvgIpc) is 2.63. The third-order valence-electron chi connectivity index (χ3n) is 2.60. The number of nitriles is 1. The molecule has 3 nitrogen and oxygen atoms in total. The molecule has 1 saturated heterocycles. The predicted molar refractivity (Wildman–Crippen MR) is 53.6 cm³/mol. The molecule has 0 unspecified atom stereocenters. The van der Waals surface area contributed by atoms with Gasteiger partial charge in [-0.1, -0.05) is 30.3 Å². The van der Waals surface area contributed by atoms with E-state index in [0.717, 1.165) is 5.56 Å². The molecule has 0 amide bonds. The summed E-state index contributed by atoms with van der Waals surface area (Å²) in [6.45, 7) is 0. The molecule has 0 aromatic heterocycles. The summed E-state index contributed by atoms with van der Waals surface area (Å²) < 4.78 is 5.22. The zero-order valence-electron chi connectivity index (χ0n) is 8.22. The summed E-state index contributed by atoms with van der Waals surface area (Å²) in [4.78, 5) is 11.4. The van der Waals surface area contributed by atoms with E-state index in [-0.39, 0.29) is 24.4 Å². The van der Waals surface area contributed by atoms with E-state index >= 15 is 0 Å². The Morgan fingerprint density at radius 3 is 2.80 bits per heavy atom. The molecule has 1 heterocycles. The Kier molecular flexibility index (Phi) is 2.68. The third-order valence-corrected chi connectivity index (χ3v) is 2.60. The maximum atomic E-state index is 11.4. The fourth-order valence-electron chi connectivity index (χ4n) is 1.79. The van der Waals surface area contributed by atoms with Crippen molar-refractivity contribution in [1.29, 1.82) is 5.26 Å². The van der Waals surface area contributed by atoms with Gasteiger partial charge in [0.25, 0.3) is 0 Å². The minimum atomic E-state index is -0.250. The summed E-state index contributed by atoms with van der Waals surface area (Å²) >= 11 is 0. The minimum absolute atomic E-state index is 0.169. The summed E-state index contributed by atoms with van der Waals surface area (Å²) in [6.07, 6.45) is 0.704. The van der Waals surface area contributed by atoms with E-state index in [9.17, 15) is 4.79 Å². The van der Waals surface area contributed by atoms with Crippen LogP contribution in [0.15, 0.2) is 30.3 Å². The van der Waals surface area contributed by atoms with Gasteiger partial charge in [-0.3, -0.25) is 4.79 Å². The monoisotopic (exact) mass is 201 g/mol. The number of carbonyl (C=O) groups excluding carboxylic acids is 1. The number of carbonyl (C=O) groups is 1. The normalized spacial score (nSPS) is 24.6. The van der Waals surface area contributed by atoms with E-state index in [1.54, 1.807) is 0 Å². The first-order chi connectivity index (χ1) is 7.31. The van der Waals surface area contributed by atoms with Crippen molar-refractivity contribution in [3.05, 3.63) is 35.9 Å². The van der Waals surface area contributed by atoms with Gasteiger partial charge in [0.1, 0.15) is 6.10 Å². The minimum Gasteiger partial charge on any atom is -0.457 e. The van der Waals surface area contributed by atoms with E-state index in [1.165, 1.54) is 0 Å². The molecule has 0 saturated carbocycles. The number of hydrogen-bond donors (Lipinski definition) is 0. The van der Waals surface area contributed by atoms with E-state index in [4.69, 9.17) is 10.00 Å². The highest BCUT2D eigenvalue weighted by atomic mass is 16.5. The summed E-state index contributed by atoms with van der Waals surface area (Å²) in [7, 11) is 0. The number of nitrogens with zero attached hydrogens (tertiary/aromatic N) is 1. The molecule has 1 aliphatic heterocycles. The Hall–Kier alpha value is -1.82. The van der Waals surface area contributed by atoms with Crippen molar-refractivity contribution in [2.75, 3.05) is 0 Å². The molecule has 3 heteroatoms. The van der Waals surface area contributed by atoms with E-state index < -0.39 is 0 Å². The fraction of sp³-hybridized carbons (Fsp3) is 0.333. The van der Waals surface area contributed by atoms with Gasteiger partial charge in [-0.05, 0) is 5.56 Å². The zero-order valence-corrected chi connectivity index (χ0v) is 8.22. The fourth-order valence-corrected chi connectivity index (χ4v) is 1.79. The van der Waals surface area contributed by atoms with Crippen molar-refractivity contribution >= 4 is 5.97 Å². The Balaban J connectivity index is 2.10. The summed E-state index contributed by atoms with van der Waals surface area (Å²) in [6, 6.07) is 11.6. The van der Waals surface area contributed by atoms with E-state index in [0.29, 0.717) is 6.42 Å². The first-order valence-electron chi connectivity index (χ1n) is 4.93. The number of hydrogen-bond acceptors (Lipinski definition) is 3. The summed E-state index contributed by atoms with van der Waals surface area (Å²) in [5, 5.41) is 8.54. The lowest BCUT2D eigenvalue weighted by Gasteiger charge is -2.07. The van der Waals surface area contributed by atoms with Gasteiger partial charge < -0.3 is 4.74 Å². The molecule has 2 atom stereocenters. The highest BCUT2D eigenvalue weighted by Gasteiger charge is 2.34. The van der Waals surface area contributed by atoms with Crippen LogP contribution < -0.4 is 0 Å². The van der Waals surface area contributed by atoms with Crippen LogP contribution in [0.4, 0.5) is 0 Å². The molecule has 0 N–H and O–H groups in total. The van der Waals surface area contributed by atoms with Gasteiger partial charge in [-0.15, -0.1) is 0 Å². The smallest absolute Gasteiger partial charge is 0.310 e. The number of cyclic esters (lactones) is 1. The largest absolute Gasteiger partial charge is 0.457 e. The molecule has 76 valence electrons. The average molecular weight is 201 g/mol. The van der Waals surface area contributed by atoms with Crippen LogP contribution in [-0.4, -0.2) is 5.97 Å². The van der Waals surface area contributed by atoms with Gasteiger partial charge in [0.15, 0.2) is 0 Å². The predicted octanol–water partition coefficient (Wildman–Crippen LogP) is 2.20. The molecule has 1 fully saturated rings. The van der Waals surface area contributed by atoms with Crippen molar-refractivity contribution in [3.8, 4) is 6.07 Å². The van der Waals surface area contributed by atoms with Crippen LogP contribution in [0, 0.1) is 17.2 Å². The molecular weight excluding hydrogens is 190 g/mol. The van der Waals surface area contributed by atoms with Gasteiger partial charge in [0.2, 0.25) is 0 Å². The van der Waals surface area contributed by atoms with Crippen LogP contribution in [0.25, 0.3) is 0 Å². The first kappa shape index (κ1) is 9.72. The van der Waals surface area contributed by atoms with Crippen LogP contribution in [0.5, 0.6) is 0 Å². The van der Waals surface area contributed by atoms with Crippen molar-refractivity contribution in [1.82, 2.24) is 0 Å². The maximum absolute atomic E-state index is 11.4. The maximum Gasteiger partial charge on any atom is 0.310 e. The second-order valence-corrected chi connectivity index (χ2v) is 3.63. The second kappa shape index (κ2) is 4.14. The van der Waals surface area contributed by atoms with Crippen LogP contribution in [0.2, 0.25) is 0 Å². The number of esters is 1. The molecule has 0 radical (unpaired) electrons. The topological polar surface area (TPSA) is 50.1 Å². The van der Waals surface area contributed by atoms with Crippen LogP contribution in [-0.2, 0) is 9.53 Å². The lowest BCUT2D eigenvalue weighted by molar-refractivity contribution is -0.144. The van der Waals surface area contributed by atoms with Crippen LogP contribution in [0.1, 0.15) is 24.5 Å². The third kappa shape index (κ3) is 1.99. The highest BCUT2D eigenvalue weighted by molar-refractivity contribution is 5.75.